The van der Waals surface area contributed by atoms with Gasteiger partial charge >= 0.3 is 5.97 Å². The minimum Gasteiger partial charge on any atom is -0.494 e. The van der Waals surface area contributed by atoms with Crippen LogP contribution in [0.1, 0.15) is 46.9 Å². The Kier molecular flexibility index (Phi) is 6.84. The average Bonchev–Trinajstić information content (AvgIpc) is 3.55. The Morgan fingerprint density at radius 3 is 2.45 bits per heavy atom. The summed E-state index contributed by atoms with van der Waals surface area (Å²) >= 11 is 0. The fourth-order valence-corrected chi connectivity index (χ4v) is 2.59. The number of rotatable bonds is 9. The Labute approximate surface area is 169 Å². The molecule has 2 amide bonds. The first-order valence-corrected chi connectivity index (χ1v) is 9.66. The zero-order chi connectivity index (χ0) is 20.6. The Morgan fingerprint density at radius 1 is 1.03 bits per heavy atom. The number of amides is 2. The Hall–Kier alpha value is -3.35. The lowest BCUT2D eigenvalue weighted by Gasteiger charge is -2.11. The number of hydrogen-bond acceptors (Lipinski definition) is 5. The minimum absolute atomic E-state index is 0.214. The number of para-hydroxylation sites is 1. The summed E-state index contributed by atoms with van der Waals surface area (Å²) in [5.41, 5.74) is 1.08. The zero-order valence-electron chi connectivity index (χ0n) is 16.3. The molecule has 0 bridgehead atoms. The smallest absolute Gasteiger partial charge is 0.338 e. The molecule has 0 unspecified atom stereocenters. The van der Waals surface area contributed by atoms with E-state index in [0.29, 0.717) is 29.2 Å². The maximum Gasteiger partial charge on any atom is 0.338 e. The van der Waals surface area contributed by atoms with Gasteiger partial charge in [-0.3, -0.25) is 9.59 Å². The van der Waals surface area contributed by atoms with Crippen LogP contribution in [0.15, 0.2) is 48.5 Å². The van der Waals surface area contributed by atoms with Crippen LogP contribution in [0.4, 0.5) is 5.69 Å². The molecule has 7 nitrogen and oxygen atoms in total. The zero-order valence-corrected chi connectivity index (χ0v) is 16.3. The molecule has 2 aromatic rings. The fraction of sp³-hybridized carbons (Fsp3) is 0.318. The lowest BCUT2D eigenvalue weighted by atomic mass is 10.1. The third-order valence-electron chi connectivity index (χ3n) is 4.26. The molecule has 7 heteroatoms. The van der Waals surface area contributed by atoms with Crippen LogP contribution in [-0.4, -0.2) is 37.0 Å². The molecule has 0 aliphatic heterocycles. The van der Waals surface area contributed by atoms with Gasteiger partial charge in [-0.15, -0.1) is 0 Å². The van der Waals surface area contributed by atoms with Crippen molar-refractivity contribution in [3.05, 3.63) is 59.7 Å². The molecule has 0 spiro atoms. The number of esters is 1. The summed E-state index contributed by atoms with van der Waals surface area (Å²) in [5, 5.41) is 5.51. The molecule has 0 aromatic heterocycles. The van der Waals surface area contributed by atoms with Crippen molar-refractivity contribution in [2.75, 3.05) is 18.5 Å². The second kappa shape index (κ2) is 9.73. The van der Waals surface area contributed by atoms with E-state index in [9.17, 15) is 14.4 Å². The molecule has 1 aliphatic rings. The molecule has 152 valence electrons. The van der Waals surface area contributed by atoms with Crippen LogP contribution in [0, 0.1) is 0 Å². The van der Waals surface area contributed by atoms with Crippen LogP contribution in [0.25, 0.3) is 0 Å². The Balaban J connectivity index is 1.52. The molecule has 0 atom stereocenters. The lowest BCUT2D eigenvalue weighted by Crippen LogP contribution is -2.28. The van der Waals surface area contributed by atoms with E-state index >= 15 is 0 Å². The van der Waals surface area contributed by atoms with Crippen molar-refractivity contribution in [3.8, 4) is 5.75 Å². The number of benzene rings is 2. The molecule has 1 aliphatic carbocycles. The van der Waals surface area contributed by atoms with Crippen molar-refractivity contribution in [1.29, 1.82) is 0 Å². The number of carbonyl (C=O) groups excluding carboxylic acids is 3. The Bertz CT molecular complexity index is 875. The van der Waals surface area contributed by atoms with Gasteiger partial charge in [0, 0.05) is 6.04 Å². The van der Waals surface area contributed by atoms with Gasteiger partial charge in [-0.2, -0.15) is 0 Å². The summed E-state index contributed by atoms with van der Waals surface area (Å²) in [4.78, 5) is 36.6. The molecule has 0 heterocycles. The third-order valence-corrected chi connectivity index (χ3v) is 4.26. The maximum absolute atomic E-state index is 12.3. The second-order valence-electron chi connectivity index (χ2n) is 6.79. The van der Waals surface area contributed by atoms with Crippen LogP contribution in [0.5, 0.6) is 5.75 Å². The monoisotopic (exact) mass is 396 g/mol. The SMILES string of the molecule is CCCOc1ccc(C(=O)OCC(=O)Nc2ccccc2C(=O)NC2CC2)cc1. The molecule has 1 fully saturated rings. The van der Waals surface area contributed by atoms with E-state index in [1.54, 1.807) is 48.5 Å². The predicted molar refractivity (Wildman–Crippen MR) is 108 cm³/mol. The van der Waals surface area contributed by atoms with Crippen molar-refractivity contribution < 1.29 is 23.9 Å². The number of carbonyl (C=O) groups is 3. The lowest BCUT2D eigenvalue weighted by molar-refractivity contribution is -0.119. The predicted octanol–water partition coefficient (Wildman–Crippen LogP) is 3.16. The molecule has 29 heavy (non-hydrogen) atoms. The average molecular weight is 396 g/mol. The molecule has 1 saturated carbocycles. The van der Waals surface area contributed by atoms with Gasteiger partial charge in [-0.1, -0.05) is 19.1 Å². The van der Waals surface area contributed by atoms with Gasteiger partial charge in [-0.25, -0.2) is 4.79 Å². The first kappa shape index (κ1) is 20.4. The standard InChI is InChI=1S/C22H24N2O5/c1-2-13-28-17-11-7-15(8-12-17)22(27)29-14-20(25)24-19-6-4-3-5-18(19)21(26)23-16-9-10-16/h3-8,11-12,16H,2,9-10,13-14H2,1H3,(H,23,26)(H,24,25). The van der Waals surface area contributed by atoms with E-state index in [1.165, 1.54) is 0 Å². The van der Waals surface area contributed by atoms with E-state index in [-0.39, 0.29) is 11.9 Å². The normalized spacial score (nSPS) is 12.7. The van der Waals surface area contributed by atoms with Crippen LogP contribution in [-0.2, 0) is 9.53 Å². The van der Waals surface area contributed by atoms with Gasteiger partial charge in [0.1, 0.15) is 5.75 Å². The summed E-state index contributed by atoms with van der Waals surface area (Å²) in [7, 11) is 0. The van der Waals surface area contributed by atoms with Crippen molar-refractivity contribution in [3.63, 3.8) is 0 Å². The van der Waals surface area contributed by atoms with Crippen LogP contribution < -0.4 is 15.4 Å². The fourth-order valence-electron chi connectivity index (χ4n) is 2.59. The van der Waals surface area contributed by atoms with E-state index in [2.05, 4.69) is 10.6 Å². The highest BCUT2D eigenvalue weighted by Crippen LogP contribution is 2.21. The van der Waals surface area contributed by atoms with E-state index < -0.39 is 18.5 Å². The molecular weight excluding hydrogens is 372 g/mol. The van der Waals surface area contributed by atoms with Crippen LogP contribution >= 0.6 is 0 Å². The van der Waals surface area contributed by atoms with Crippen LogP contribution in [0.2, 0.25) is 0 Å². The topological polar surface area (TPSA) is 93.7 Å². The summed E-state index contributed by atoms with van der Waals surface area (Å²) in [6.07, 6.45) is 2.84. The molecule has 3 rings (SSSR count). The summed E-state index contributed by atoms with van der Waals surface area (Å²) in [5.74, 6) is -0.692. The van der Waals surface area contributed by atoms with Crippen molar-refractivity contribution in [1.82, 2.24) is 5.32 Å². The molecule has 2 aromatic carbocycles. The first-order valence-electron chi connectivity index (χ1n) is 9.66. The van der Waals surface area contributed by atoms with Gasteiger partial charge in [0.15, 0.2) is 6.61 Å². The van der Waals surface area contributed by atoms with Gasteiger partial charge in [-0.05, 0) is 55.7 Å². The van der Waals surface area contributed by atoms with Gasteiger partial charge in [0.2, 0.25) is 0 Å². The highest BCUT2D eigenvalue weighted by atomic mass is 16.5. The van der Waals surface area contributed by atoms with Crippen molar-refractivity contribution in [2.24, 2.45) is 0 Å². The molecule has 0 saturated heterocycles. The largest absolute Gasteiger partial charge is 0.494 e. The maximum atomic E-state index is 12.3. The van der Waals surface area contributed by atoms with E-state index in [1.807, 2.05) is 6.92 Å². The van der Waals surface area contributed by atoms with Crippen molar-refractivity contribution in [2.45, 2.75) is 32.2 Å². The summed E-state index contributed by atoms with van der Waals surface area (Å²) < 4.78 is 10.5. The van der Waals surface area contributed by atoms with Gasteiger partial charge < -0.3 is 20.1 Å². The quantitative estimate of drug-likeness (QED) is 0.635. The minimum atomic E-state index is -0.609. The summed E-state index contributed by atoms with van der Waals surface area (Å²) in [6, 6.07) is 13.5. The van der Waals surface area contributed by atoms with Crippen molar-refractivity contribution >= 4 is 23.5 Å². The molecular formula is C22H24N2O5. The number of nitrogens with one attached hydrogen (secondary N) is 2. The van der Waals surface area contributed by atoms with Crippen LogP contribution in [0.3, 0.4) is 0 Å². The number of hydrogen-bond donors (Lipinski definition) is 2. The first-order chi connectivity index (χ1) is 14.1. The second-order valence-corrected chi connectivity index (χ2v) is 6.79. The highest BCUT2D eigenvalue weighted by Gasteiger charge is 2.25. The molecule has 2 N–H and O–H groups in total. The van der Waals surface area contributed by atoms with Gasteiger partial charge in [0.25, 0.3) is 11.8 Å². The number of anilines is 1. The summed E-state index contributed by atoms with van der Waals surface area (Å²) in [6.45, 7) is 2.16. The Morgan fingerprint density at radius 2 is 1.76 bits per heavy atom. The molecule has 0 radical (unpaired) electrons. The van der Waals surface area contributed by atoms with E-state index in [4.69, 9.17) is 9.47 Å². The highest BCUT2D eigenvalue weighted by molar-refractivity contribution is 6.04. The van der Waals surface area contributed by atoms with E-state index in [0.717, 1.165) is 19.3 Å². The number of ether oxygens (including phenoxy) is 2. The third kappa shape index (κ3) is 6.07. The van der Waals surface area contributed by atoms with Gasteiger partial charge in [0.05, 0.1) is 23.4 Å².